The van der Waals surface area contributed by atoms with Crippen LogP contribution in [0.25, 0.3) is 12.2 Å². The molecule has 0 fully saturated rings. The first-order valence-corrected chi connectivity index (χ1v) is 10.7. The quantitative estimate of drug-likeness (QED) is 0.425. The highest BCUT2D eigenvalue weighted by Gasteiger charge is 2.06. The van der Waals surface area contributed by atoms with Crippen molar-refractivity contribution in [2.45, 2.75) is 19.8 Å². The number of benzene rings is 2. The number of ketones is 1. The minimum absolute atomic E-state index is 0.203. The van der Waals surface area contributed by atoms with E-state index in [4.69, 9.17) is 21.1 Å². The lowest BCUT2D eigenvalue weighted by molar-refractivity contribution is 0.106. The standard InChI is InChI=1S/C23H22ClNO4S/c1-3-4-11-29-19-10-5-15(12-20(19)28-2)13-21-23(27)25-22(30-21)14-18(26)16-6-8-17(24)9-7-16/h5-10,12-14H,3-4,11H2,1-2H3,(H,25,27)/b21-13-,22-14-. The number of methoxy groups -OCH3 is 1. The molecule has 0 aliphatic heterocycles. The number of H-pyrrole nitrogens is 1. The number of nitrogens with one attached hydrogen (secondary N) is 1. The van der Waals surface area contributed by atoms with E-state index in [1.807, 2.05) is 18.2 Å². The summed E-state index contributed by atoms with van der Waals surface area (Å²) in [4.78, 5) is 27.4. The van der Waals surface area contributed by atoms with Crippen LogP contribution in [0.15, 0.2) is 47.3 Å². The molecular formula is C23H22ClNO4S. The van der Waals surface area contributed by atoms with Crippen LogP contribution in [-0.4, -0.2) is 24.5 Å². The first kappa shape index (κ1) is 21.9. The predicted molar refractivity (Wildman–Crippen MR) is 121 cm³/mol. The molecule has 1 heterocycles. The van der Waals surface area contributed by atoms with Gasteiger partial charge in [-0.25, -0.2) is 0 Å². The predicted octanol–water partition coefficient (Wildman–Crippen LogP) is 3.77. The van der Waals surface area contributed by atoms with E-state index in [1.165, 1.54) is 17.4 Å². The molecule has 0 bridgehead atoms. The molecule has 156 valence electrons. The monoisotopic (exact) mass is 443 g/mol. The number of carbonyl (C=O) groups excluding carboxylic acids is 1. The van der Waals surface area contributed by atoms with Gasteiger partial charge in [-0.15, -0.1) is 11.3 Å². The summed E-state index contributed by atoms with van der Waals surface area (Å²) in [6.45, 7) is 2.73. The van der Waals surface area contributed by atoms with Gasteiger partial charge in [-0.2, -0.15) is 0 Å². The topological polar surface area (TPSA) is 68.4 Å². The highest BCUT2D eigenvalue weighted by Crippen LogP contribution is 2.28. The zero-order valence-corrected chi connectivity index (χ0v) is 18.3. The van der Waals surface area contributed by atoms with Crippen molar-refractivity contribution in [1.82, 2.24) is 4.98 Å². The molecule has 5 nitrogen and oxygen atoms in total. The summed E-state index contributed by atoms with van der Waals surface area (Å²) in [5.41, 5.74) is 1.05. The van der Waals surface area contributed by atoms with Crippen LogP contribution in [0, 0.1) is 0 Å². The number of ether oxygens (including phenoxy) is 2. The number of halogens is 1. The number of aromatic nitrogens is 1. The second-order valence-electron chi connectivity index (χ2n) is 6.56. The Morgan fingerprint density at radius 3 is 2.63 bits per heavy atom. The van der Waals surface area contributed by atoms with Gasteiger partial charge >= 0.3 is 0 Å². The molecule has 1 N–H and O–H groups in total. The highest BCUT2D eigenvalue weighted by molar-refractivity contribution is 7.07. The zero-order chi connectivity index (χ0) is 21.5. The van der Waals surface area contributed by atoms with Gasteiger partial charge in [0, 0.05) is 16.7 Å². The number of carbonyl (C=O) groups is 1. The van der Waals surface area contributed by atoms with E-state index in [0.29, 0.717) is 37.9 Å². The SMILES string of the molecule is CCCCOc1ccc(/C=c2\s/c(=C\C(=O)c3ccc(Cl)cc3)[nH]c2=O)cc1OC. The number of hydrogen-bond donors (Lipinski definition) is 1. The number of hydrogen-bond acceptors (Lipinski definition) is 5. The Bertz CT molecular complexity index is 1200. The van der Waals surface area contributed by atoms with E-state index < -0.39 is 0 Å². The van der Waals surface area contributed by atoms with Crippen LogP contribution in [0.3, 0.4) is 0 Å². The average molecular weight is 444 g/mol. The van der Waals surface area contributed by atoms with Gasteiger partial charge in [0.2, 0.25) is 0 Å². The van der Waals surface area contributed by atoms with Gasteiger partial charge in [0.05, 0.1) is 22.9 Å². The van der Waals surface area contributed by atoms with Gasteiger partial charge in [0.15, 0.2) is 17.3 Å². The Kier molecular flexibility index (Phi) is 7.49. The third-order valence-corrected chi connectivity index (χ3v) is 5.53. The van der Waals surface area contributed by atoms with Crippen LogP contribution in [-0.2, 0) is 0 Å². The minimum Gasteiger partial charge on any atom is -0.493 e. The Morgan fingerprint density at radius 1 is 1.17 bits per heavy atom. The van der Waals surface area contributed by atoms with E-state index in [0.717, 1.165) is 18.4 Å². The maximum atomic E-state index is 12.4. The number of rotatable bonds is 8. The fourth-order valence-corrected chi connectivity index (χ4v) is 3.72. The average Bonchev–Trinajstić information content (AvgIpc) is 3.08. The fourth-order valence-electron chi connectivity index (χ4n) is 2.71. The van der Waals surface area contributed by atoms with E-state index in [-0.39, 0.29) is 11.3 Å². The second-order valence-corrected chi connectivity index (χ2v) is 8.08. The summed E-state index contributed by atoms with van der Waals surface area (Å²) in [7, 11) is 1.58. The molecule has 0 unspecified atom stereocenters. The first-order valence-electron chi connectivity index (χ1n) is 9.53. The zero-order valence-electron chi connectivity index (χ0n) is 16.7. The Morgan fingerprint density at radius 2 is 1.93 bits per heavy atom. The summed E-state index contributed by atoms with van der Waals surface area (Å²) < 4.78 is 12.1. The molecule has 30 heavy (non-hydrogen) atoms. The van der Waals surface area contributed by atoms with Gasteiger partial charge in [-0.3, -0.25) is 9.59 Å². The van der Waals surface area contributed by atoms with Crippen LogP contribution in [0.5, 0.6) is 11.5 Å². The molecule has 0 spiro atoms. The van der Waals surface area contributed by atoms with E-state index in [1.54, 1.807) is 37.5 Å². The summed E-state index contributed by atoms with van der Waals surface area (Å²) >= 11 is 7.07. The molecule has 0 aliphatic carbocycles. The normalized spacial score (nSPS) is 12.2. The molecule has 0 saturated carbocycles. The van der Waals surface area contributed by atoms with Crippen LogP contribution in [0.1, 0.15) is 35.7 Å². The van der Waals surface area contributed by atoms with Crippen molar-refractivity contribution >= 4 is 40.9 Å². The van der Waals surface area contributed by atoms with Crippen LogP contribution >= 0.6 is 22.9 Å². The molecule has 0 saturated heterocycles. The molecule has 3 rings (SSSR count). The Hall–Kier alpha value is -2.83. The molecule has 3 aromatic rings. The van der Waals surface area contributed by atoms with Gasteiger partial charge in [0.1, 0.15) is 0 Å². The molecule has 7 heteroatoms. The first-order chi connectivity index (χ1) is 14.5. The van der Waals surface area contributed by atoms with Crippen LogP contribution in [0.4, 0.5) is 0 Å². The molecular weight excluding hydrogens is 422 g/mol. The van der Waals surface area contributed by atoms with Gasteiger partial charge in [-0.1, -0.05) is 31.0 Å². The van der Waals surface area contributed by atoms with Gasteiger partial charge < -0.3 is 14.5 Å². The van der Waals surface area contributed by atoms with Crippen molar-refractivity contribution in [2.24, 2.45) is 0 Å². The fraction of sp³-hybridized carbons (Fsp3) is 0.217. The number of Topliss-reactive ketones (excluding diaryl/α,β-unsaturated/α-hetero) is 1. The molecule has 2 aromatic carbocycles. The molecule has 0 amide bonds. The summed E-state index contributed by atoms with van der Waals surface area (Å²) in [6.07, 6.45) is 5.19. The van der Waals surface area contributed by atoms with Gasteiger partial charge in [-0.05, 0) is 54.5 Å². The van der Waals surface area contributed by atoms with Gasteiger partial charge in [0.25, 0.3) is 5.56 Å². The maximum absolute atomic E-state index is 12.4. The minimum atomic E-state index is -0.252. The molecule has 1 aromatic heterocycles. The van der Waals surface area contributed by atoms with Crippen molar-refractivity contribution < 1.29 is 14.3 Å². The lowest BCUT2D eigenvalue weighted by atomic mass is 10.1. The number of thiazole rings is 1. The highest BCUT2D eigenvalue weighted by atomic mass is 35.5. The second kappa shape index (κ2) is 10.3. The van der Waals surface area contributed by atoms with Crippen LogP contribution in [0.2, 0.25) is 5.02 Å². The maximum Gasteiger partial charge on any atom is 0.266 e. The Labute approximate surface area is 183 Å². The van der Waals surface area contributed by atoms with Crippen molar-refractivity contribution in [2.75, 3.05) is 13.7 Å². The lowest BCUT2D eigenvalue weighted by Gasteiger charge is -2.10. The van der Waals surface area contributed by atoms with Crippen LogP contribution < -0.4 is 24.2 Å². The third-order valence-electron chi connectivity index (χ3n) is 4.31. The summed E-state index contributed by atoms with van der Waals surface area (Å²) in [5, 5.41) is 0.560. The van der Waals surface area contributed by atoms with Crippen molar-refractivity contribution in [3.05, 3.63) is 78.2 Å². The van der Waals surface area contributed by atoms with E-state index in [2.05, 4.69) is 11.9 Å². The molecule has 0 aliphatic rings. The van der Waals surface area contributed by atoms with E-state index >= 15 is 0 Å². The van der Waals surface area contributed by atoms with E-state index in [9.17, 15) is 9.59 Å². The summed E-state index contributed by atoms with van der Waals surface area (Å²) in [5.74, 6) is 1.08. The largest absolute Gasteiger partial charge is 0.493 e. The number of aromatic amines is 1. The summed E-state index contributed by atoms with van der Waals surface area (Å²) in [6, 6.07) is 12.1. The van der Waals surface area contributed by atoms with Crippen molar-refractivity contribution in [3.8, 4) is 11.5 Å². The molecule has 0 atom stereocenters. The Balaban J connectivity index is 1.88. The number of unbranched alkanes of at least 4 members (excludes halogenated alkanes) is 1. The third kappa shape index (κ3) is 5.62. The smallest absolute Gasteiger partial charge is 0.266 e. The van der Waals surface area contributed by atoms with Crippen molar-refractivity contribution in [1.29, 1.82) is 0 Å². The molecule has 0 radical (unpaired) electrons. The lowest BCUT2D eigenvalue weighted by Crippen LogP contribution is -2.20. The van der Waals surface area contributed by atoms with Crippen molar-refractivity contribution in [3.63, 3.8) is 0 Å².